The van der Waals surface area contributed by atoms with Gasteiger partial charge in [0.2, 0.25) is 5.91 Å². The van der Waals surface area contributed by atoms with Gasteiger partial charge in [-0.1, -0.05) is 26.8 Å². The Bertz CT molecular complexity index is 2250. The highest BCUT2D eigenvalue weighted by atomic mass is 32.1. The van der Waals surface area contributed by atoms with Crippen molar-refractivity contribution in [3.63, 3.8) is 0 Å². The van der Waals surface area contributed by atoms with E-state index in [1.165, 1.54) is 21.2 Å². The van der Waals surface area contributed by atoms with Gasteiger partial charge in [0.1, 0.15) is 24.2 Å². The molecule has 2 fully saturated rings. The molecule has 3 aliphatic rings. The summed E-state index contributed by atoms with van der Waals surface area (Å²) in [5, 5.41) is 8.16. The first-order valence-corrected chi connectivity index (χ1v) is 22.3. The summed E-state index contributed by atoms with van der Waals surface area (Å²) >= 11 is 1.42. The summed E-state index contributed by atoms with van der Waals surface area (Å²) in [6, 6.07) is 7.49. The molecule has 4 amide bonds. The second-order valence-corrected chi connectivity index (χ2v) is 17.9. The molecule has 6 heterocycles. The number of likely N-dealkylation sites (N-methyl/N-ethyl adjacent to an activating group) is 1. The highest BCUT2D eigenvalue weighted by Crippen LogP contribution is 2.41. The van der Waals surface area contributed by atoms with E-state index in [0.717, 1.165) is 44.7 Å². The van der Waals surface area contributed by atoms with Crippen LogP contribution in [0.15, 0.2) is 41.9 Å². The van der Waals surface area contributed by atoms with Crippen molar-refractivity contribution in [1.82, 2.24) is 40.1 Å². The smallest absolute Gasteiger partial charge is 0.325 e. The number of nitrogens with one attached hydrogen (secondary N) is 2. The standard InChI is InChI=1S/C45H60N8O7S/c1-10-52-37-16-15-29-20-32(37)33(41(52)31-13-11-17-46-39(31)28(6)58-8)19-26(4)27(5)60-44(56)34-14-12-18-53(49-34)43(55)35(21-38-47-36(29)24-61-38)48-42(54)40(25(2)3)50(7)45(57)51-22-30(23-51)59-9/h11,13,15-17,20,24-28,30,34-35,40,49H,10,12,14,18-19,21-23H2,1-9H3,(H,48,54)/t26-,27-,28-,34-,35-,40-/m0/s1. The molecule has 3 aromatic heterocycles. The van der Waals surface area contributed by atoms with Crippen LogP contribution in [0.2, 0.25) is 0 Å². The number of nitrogens with zero attached hydrogens (tertiary/aromatic N) is 6. The Morgan fingerprint density at radius 1 is 1.11 bits per heavy atom. The molecule has 0 saturated carbocycles. The number of likely N-dealkylation sites (tertiary alicyclic amines) is 1. The van der Waals surface area contributed by atoms with E-state index in [4.69, 9.17) is 24.2 Å². The maximum absolute atomic E-state index is 14.5. The number of benzene rings is 1. The number of pyridine rings is 1. The molecule has 6 atom stereocenters. The molecule has 6 bridgehead atoms. The molecule has 16 heteroatoms. The molecular weight excluding hydrogens is 797 g/mol. The number of carbonyl (C=O) groups excluding carboxylic acids is 4. The van der Waals surface area contributed by atoms with Crippen LogP contribution >= 0.6 is 11.3 Å². The van der Waals surface area contributed by atoms with Gasteiger partial charge in [0.25, 0.3) is 5.91 Å². The van der Waals surface area contributed by atoms with Crippen molar-refractivity contribution in [2.24, 2.45) is 11.8 Å². The topological polar surface area (TPSA) is 160 Å². The average Bonchev–Trinajstić information content (AvgIpc) is 3.83. The number of methoxy groups -OCH3 is 2. The van der Waals surface area contributed by atoms with Gasteiger partial charge < -0.3 is 33.9 Å². The van der Waals surface area contributed by atoms with E-state index < -0.39 is 42.0 Å². The van der Waals surface area contributed by atoms with Gasteiger partial charge in [-0.05, 0) is 81.7 Å². The number of urea groups is 1. The number of rotatable bonds is 9. The first-order valence-electron chi connectivity index (χ1n) is 21.4. The number of hydrogen-bond donors (Lipinski definition) is 2. The number of aryl methyl sites for hydroxylation is 1. The Hall–Kier alpha value is -4.90. The second-order valence-electron chi connectivity index (χ2n) is 17.0. The largest absolute Gasteiger partial charge is 0.461 e. The summed E-state index contributed by atoms with van der Waals surface area (Å²) in [4.78, 5) is 69.1. The number of esters is 1. The normalized spacial score (nSPS) is 22.4. The lowest BCUT2D eigenvalue weighted by atomic mass is 9.91. The second kappa shape index (κ2) is 18.6. The SMILES string of the molecule is CCn1c(-c2cccnc2[C@H](C)OC)c2c3cc(ccc31)-c1csc(n1)C[C@H](NC(=O)[C@H](C(C)C)N(C)C(=O)N1CC(OC)C1)C(=O)N1CCC[C@H](N1)C(=O)O[C@@H](C)[C@@H](C)C2. The predicted octanol–water partition coefficient (Wildman–Crippen LogP) is 5.61. The van der Waals surface area contributed by atoms with Crippen molar-refractivity contribution in [2.75, 3.05) is 40.9 Å². The molecule has 3 aliphatic heterocycles. The summed E-state index contributed by atoms with van der Waals surface area (Å²) < 4.78 is 19.7. The third kappa shape index (κ3) is 8.90. The summed E-state index contributed by atoms with van der Waals surface area (Å²) in [7, 11) is 4.92. The van der Waals surface area contributed by atoms with E-state index in [1.54, 1.807) is 32.4 Å². The minimum atomic E-state index is -1.04. The lowest BCUT2D eigenvalue weighted by Crippen LogP contribution is -2.64. The first-order chi connectivity index (χ1) is 29.2. The zero-order chi connectivity index (χ0) is 43.7. The number of aromatic nitrogens is 3. The highest BCUT2D eigenvalue weighted by molar-refractivity contribution is 7.10. The van der Waals surface area contributed by atoms with Gasteiger partial charge >= 0.3 is 12.0 Å². The number of amides is 4. The molecule has 2 saturated heterocycles. The van der Waals surface area contributed by atoms with Crippen molar-refractivity contribution < 1.29 is 33.4 Å². The maximum atomic E-state index is 14.5. The third-order valence-corrected chi connectivity index (χ3v) is 13.5. The number of cyclic esters (lactones) is 1. The van der Waals surface area contributed by atoms with Crippen LogP contribution < -0.4 is 10.7 Å². The molecule has 0 unspecified atom stereocenters. The zero-order valence-electron chi connectivity index (χ0n) is 36.8. The van der Waals surface area contributed by atoms with Gasteiger partial charge in [-0.3, -0.25) is 24.4 Å². The number of hydrogen-bond acceptors (Lipinski definition) is 11. The average molecular weight is 857 g/mol. The van der Waals surface area contributed by atoms with E-state index in [-0.39, 0.29) is 36.5 Å². The highest BCUT2D eigenvalue weighted by Gasteiger charge is 2.40. The van der Waals surface area contributed by atoms with Crippen LogP contribution in [0.5, 0.6) is 0 Å². The molecule has 0 aliphatic carbocycles. The molecule has 7 rings (SSSR count). The van der Waals surface area contributed by atoms with E-state index >= 15 is 0 Å². The van der Waals surface area contributed by atoms with Gasteiger partial charge in [0.05, 0.1) is 47.4 Å². The predicted molar refractivity (Wildman–Crippen MR) is 233 cm³/mol. The van der Waals surface area contributed by atoms with Gasteiger partial charge in [-0.25, -0.2) is 15.2 Å². The molecule has 2 N–H and O–H groups in total. The van der Waals surface area contributed by atoms with Gasteiger partial charge in [0.15, 0.2) is 0 Å². The monoisotopic (exact) mass is 856 g/mol. The zero-order valence-corrected chi connectivity index (χ0v) is 37.6. The van der Waals surface area contributed by atoms with E-state index in [0.29, 0.717) is 50.4 Å². The van der Waals surface area contributed by atoms with Crippen molar-refractivity contribution in [1.29, 1.82) is 0 Å². The summed E-state index contributed by atoms with van der Waals surface area (Å²) in [6.07, 6.45) is 2.81. The van der Waals surface area contributed by atoms with Crippen LogP contribution in [-0.2, 0) is 48.0 Å². The molecule has 1 aromatic carbocycles. The van der Waals surface area contributed by atoms with E-state index in [2.05, 4.69) is 53.4 Å². The van der Waals surface area contributed by atoms with E-state index in [9.17, 15) is 19.2 Å². The molecule has 4 aromatic rings. The van der Waals surface area contributed by atoms with Crippen LogP contribution in [0.4, 0.5) is 4.79 Å². The van der Waals surface area contributed by atoms with Crippen molar-refractivity contribution in [3.05, 3.63) is 58.2 Å². The Balaban J connectivity index is 1.29. The lowest BCUT2D eigenvalue weighted by Gasteiger charge is -2.42. The van der Waals surface area contributed by atoms with Gasteiger partial charge in [0, 0.05) is 74.4 Å². The first kappa shape index (κ1) is 44.2. The fourth-order valence-electron chi connectivity index (χ4n) is 8.83. The Morgan fingerprint density at radius 3 is 2.59 bits per heavy atom. The van der Waals surface area contributed by atoms with Crippen LogP contribution in [-0.4, -0.2) is 124 Å². The third-order valence-electron chi connectivity index (χ3n) is 12.6. The van der Waals surface area contributed by atoms with Crippen LogP contribution in [0.3, 0.4) is 0 Å². The quantitative estimate of drug-likeness (QED) is 0.203. The number of fused-ring (bicyclic) bond motifs is 6. The number of carbonyl (C=O) groups is 4. The minimum Gasteiger partial charge on any atom is -0.461 e. The van der Waals surface area contributed by atoms with Crippen LogP contribution in [0, 0.1) is 11.8 Å². The van der Waals surface area contributed by atoms with Crippen molar-refractivity contribution in [2.45, 2.75) is 110 Å². The molecular formula is C45H60N8O7S. The Kier molecular flexibility index (Phi) is 13.5. The number of ether oxygens (including phenoxy) is 3. The minimum absolute atomic E-state index is 0.0367. The van der Waals surface area contributed by atoms with Gasteiger partial charge in [-0.2, -0.15) is 0 Å². The van der Waals surface area contributed by atoms with Gasteiger partial charge in [-0.15, -0.1) is 11.3 Å². The Morgan fingerprint density at radius 2 is 1.89 bits per heavy atom. The van der Waals surface area contributed by atoms with E-state index in [1.807, 2.05) is 39.1 Å². The van der Waals surface area contributed by atoms with Crippen LogP contribution in [0.25, 0.3) is 33.4 Å². The fourth-order valence-corrected chi connectivity index (χ4v) is 9.68. The molecule has 0 radical (unpaired) electrons. The summed E-state index contributed by atoms with van der Waals surface area (Å²) in [5.74, 6) is -1.64. The number of hydrazine groups is 1. The molecule has 328 valence electrons. The summed E-state index contributed by atoms with van der Waals surface area (Å²) in [6.45, 7) is 13.8. The van der Waals surface area contributed by atoms with Crippen LogP contribution in [0.1, 0.15) is 76.8 Å². The Labute approximate surface area is 362 Å². The van der Waals surface area contributed by atoms with Crippen molar-refractivity contribution in [3.8, 4) is 22.5 Å². The summed E-state index contributed by atoms with van der Waals surface area (Å²) in [5.41, 5.74) is 9.88. The lowest BCUT2D eigenvalue weighted by molar-refractivity contribution is -0.158. The van der Waals surface area contributed by atoms with Crippen molar-refractivity contribution >= 4 is 46.1 Å². The number of thiazole rings is 1. The molecule has 15 nitrogen and oxygen atoms in total. The maximum Gasteiger partial charge on any atom is 0.325 e. The molecule has 0 spiro atoms. The molecule has 61 heavy (non-hydrogen) atoms. The fraction of sp³-hybridized carbons (Fsp3) is 0.556.